The van der Waals surface area contributed by atoms with Crippen molar-refractivity contribution in [3.63, 3.8) is 0 Å². The van der Waals surface area contributed by atoms with E-state index in [0.717, 1.165) is 5.56 Å². The number of aryl methyl sites for hydroxylation is 1. The zero-order chi connectivity index (χ0) is 12.1. The largest absolute Gasteiger partial charge is 0.331 e. The quantitative estimate of drug-likeness (QED) is 0.765. The van der Waals surface area contributed by atoms with Crippen LogP contribution in [-0.4, -0.2) is 35.7 Å². The lowest BCUT2D eigenvalue weighted by Gasteiger charge is -2.20. The number of carbonyl (C=O) groups is 1. The number of hydrogen-bond acceptors (Lipinski definition) is 2. The van der Waals surface area contributed by atoms with Gasteiger partial charge in [0, 0.05) is 11.9 Å². The molecule has 0 aliphatic carbocycles. The van der Waals surface area contributed by atoms with Gasteiger partial charge in [-0.2, -0.15) is 0 Å². The SMILES string of the molecule is Cc1ccsc1C(=O)N(CCBr)CC(F)F. The third-order valence-corrected chi connectivity index (χ3v) is 3.42. The molecule has 0 saturated heterocycles. The first-order valence-corrected chi connectivity index (χ1v) is 6.74. The van der Waals surface area contributed by atoms with Crippen molar-refractivity contribution in [2.24, 2.45) is 0 Å². The maximum Gasteiger partial charge on any atom is 0.264 e. The third-order valence-electron chi connectivity index (χ3n) is 2.06. The second-order valence-electron chi connectivity index (χ2n) is 3.26. The summed E-state index contributed by atoms with van der Waals surface area (Å²) in [4.78, 5) is 13.7. The van der Waals surface area contributed by atoms with Crippen molar-refractivity contribution in [3.05, 3.63) is 21.9 Å². The molecule has 0 radical (unpaired) electrons. The summed E-state index contributed by atoms with van der Waals surface area (Å²) >= 11 is 4.44. The molecule has 1 aromatic rings. The third kappa shape index (κ3) is 3.52. The topological polar surface area (TPSA) is 20.3 Å². The van der Waals surface area contributed by atoms with Crippen molar-refractivity contribution in [2.75, 3.05) is 18.4 Å². The molecular weight excluding hydrogens is 300 g/mol. The van der Waals surface area contributed by atoms with Crippen LogP contribution in [0.3, 0.4) is 0 Å². The van der Waals surface area contributed by atoms with E-state index >= 15 is 0 Å². The first kappa shape index (κ1) is 13.6. The van der Waals surface area contributed by atoms with Crippen LogP contribution in [0.4, 0.5) is 8.78 Å². The molecule has 1 amide bonds. The zero-order valence-corrected chi connectivity index (χ0v) is 11.2. The van der Waals surface area contributed by atoms with Gasteiger partial charge in [-0.15, -0.1) is 11.3 Å². The summed E-state index contributed by atoms with van der Waals surface area (Å²) in [5.41, 5.74) is 0.837. The van der Waals surface area contributed by atoms with Gasteiger partial charge in [-0.3, -0.25) is 4.79 Å². The first-order valence-electron chi connectivity index (χ1n) is 4.73. The Bertz CT molecular complexity index is 356. The highest BCUT2D eigenvalue weighted by molar-refractivity contribution is 9.09. The lowest BCUT2D eigenvalue weighted by atomic mass is 10.2. The Kier molecular flexibility index (Phi) is 5.34. The fourth-order valence-corrected chi connectivity index (χ4v) is 2.60. The summed E-state index contributed by atoms with van der Waals surface area (Å²) in [7, 11) is 0. The Labute approximate surface area is 105 Å². The number of nitrogens with zero attached hydrogens (tertiary/aromatic N) is 1. The fourth-order valence-electron chi connectivity index (χ4n) is 1.28. The van der Waals surface area contributed by atoms with E-state index in [-0.39, 0.29) is 5.91 Å². The average Bonchev–Trinajstić information content (AvgIpc) is 2.62. The summed E-state index contributed by atoms with van der Waals surface area (Å²) in [5.74, 6) is -0.313. The van der Waals surface area contributed by atoms with Gasteiger partial charge in [-0.1, -0.05) is 15.9 Å². The van der Waals surface area contributed by atoms with Crippen LogP contribution in [0.15, 0.2) is 11.4 Å². The summed E-state index contributed by atoms with van der Waals surface area (Å²) in [5, 5.41) is 2.28. The maximum absolute atomic E-state index is 12.3. The Morgan fingerprint density at radius 2 is 2.31 bits per heavy atom. The van der Waals surface area contributed by atoms with Crippen LogP contribution >= 0.6 is 27.3 Å². The lowest BCUT2D eigenvalue weighted by molar-refractivity contribution is 0.0576. The van der Waals surface area contributed by atoms with E-state index in [1.165, 1.54) is 16.2 Å². The minimum atomic E-state index is -2.50. The van der Waals surface area contributed by atoms with Gasteiger partial charge in [0.25, 0.3) is 12.3 Å². The molecule has 16 heavy (non-hydrogen) atoms. The molecule has 0 bridgehead atoms. The molecule has 0 atom stereocenters. The van der Waals surface area contributed by atoms with Crippen LogP contribution in [0.1, 0.15) is 15.2 Å². The van der Waals surface area contributed by atoms with E-state index in [1.54, 1.807) is 12.3 Å². The molecule has 0 N–H and O–H groups in total. The van der Waals surface area contributed by atoms with Gasteiger partial charge < -0.3 is 4.90 Å². The van der Waals surface area contributed by atoms with Gasteiger partial charge in [0.05, 0.1) is 11.4 Å². The van der Waals surface area contributed by atoms with Crippen molar-refractivity contribution >= 4 is 33.2 Å². The van der Waals surface area contributed by atoms with E-state index in [9.17, 15) is 13.6 Å². The monoisotopic (exact) mass is 311 g/mol. The highest BCUT2D eigenvalue weighted by Crippen LogP contribution is 2.18. The molecule has 6 heteroatoms. The average molecular weight is 312 g/mol. The number of carbonyl (C=O) groups excluding carboxylic acids is 1. The molecule has 0 fully saturated rings. The van der Waals surface area contributed by atoms with Gasteiger partial charge in [0.2, 0.25) is 0 Å². The van der Waals surface area contributed by atoms with E-state index in [0.29, 0.717) is 16.8 Å². The summed E-state index contributed by atoms with van der Waals surface area (Å²) in [6.07, 6.45) is -2.50. The van der Waals surface area contributed by atoms with Crippen LogP contribution in [0.25, 0.3) is 0 Å². The molecule has 1 heterocycles. The second kappa shape index (κ2) is 6.30. The molecule has 0 aliphatic heterocycles. The highest BCUT2D eigenvalue weighted by atomic mass is 79.9. The maximum atomic E-state index is 12.3. The Morgan fingerprint density at radius 3 is 2.75 bits per heavy atom. The molecule has 0 spiro atoms. The van der Waals surface area contributed by atoms with Crippen molar-refractivity contribution in [1.82, 2.24) is 4.90 Å². The van der Waals surface area contributed by atoms with Crippen molar-refractivity contribution < 1.29 is 13.6 Å². The smallest absolute Gasteiger partial charge is 0.264 e. The van der Waals surface area contributed by atoms with Crippen molar-refractivity contribution in [3.8, 4) is 0 Å². The molecular formula is C10H12BrF2NOS. The first-order chi connectivity index (χ1) is 7.56. The predicted octanol–water partition coefficient (Wildman–Crippen LogP) is 3.16. The van der Waals surface area contributed by atoms with Crippen LogP contribution < -0.4 is 0 Å². The number of alkyl halides is 3. The number of thiophene rings is 1. The number of halogens is 3. The van der Waals surface area contributed by atoms with Crippen LogP contribution in [0, 0.1) is 6.92 Å². The highest BCUT2D eigenvalue weighted by Gasteiger charge is 2.21. The normalized spacial score (nSPS) is 10.8. The molecule has 0 aliphatic rings. The molecule has 0 aromatic carbocycles. The minimum absolute atomic E-state index is 0.292. The lowest BCUT2D eigenvalue weighted by Crippen LogP contribution is -2.36. The van der Waals surface area contributed by atoms with Crippen LogP contribution in [-0.2, 0) is 0 Å². The number of amides is 1. The molecule has 0 saturated carbocycles. The molecule has 1 rings (SSSR count). The van der Waals surface area contributed by atoms with Gasteiger partial charge in [-0.25, -0.2) is 8.78 Å². The Hall–Kier alpha value is -0.490. The molecule has 2 nitrogen and oxygen atoms in total. The van der Waals surface area contributed by atoms with Gasteiger partial charge in [0.15, 0.2) is 0 Å². The standard InChI is InChI=1S/C10H12BrF2NOS/c1-7-2-5-16-9(7)10(15)14(4-3-11)6-8(12)13/h2,5,8H,3-4,6H2,1H3. The van der Waals surface area contributed by atoms with Crippen LogP contribution in [0.5, 0.6) is 0 Å². The van der Waals surface area contributed by atoms with Gasteiger partial charge in [-0.05, 0) is 23.9 Å². The molecule has 90 valence electrons. The van der Waals surface area contributed by atoms with Crippen molar-refractivity contribution in [1.29, 1.82) is 0 Å². The predicted molar refractivity (Wildman–Crippen MR) is 64.8 cm³/mol. The van der Waals surface area contributed by atoms with E-state index in [2.05, 4.69) is 15.9 Å². The zero-order valence-electron chi connectivity index (χ0n) is 8.75. The number of rotatable bonds is 5. The van der Waals surface area contributed by atoms with E-state index in [4.69, 9.17) is 0 Å². The minimum Gasteiger partial charge on any atom is -0.331 e. The number of hydrogen-bond donors (Lipinski definition) is 0. The molecule has 1 aromatic heterocycles. The summed E-state index contributed by atoms with van der Waals surface area (Å²) in [6, 6.07) is 1.81. The van der Waals surface area contributed by atoms with E-state index in [1.807, 2.05) is 6.07 Å². The van der Waals surface area contributed by atoms with Gasteiger partial charge in [0.1, 0.15) is 0 Å². The van der Waals surface area contributed by atoms with Gasteiger partial charge >= 0.3 is 0 Å². The second-order valence-corrected chi connectivity index (χ2v) is 4.97. The van der Waals surface area contributed by atoms with E-state index < -0.39 is 13.0 Å². The van der Waals surface area contributed by atoms with Crippen LogP contribution in [0.2, 0.25) is 0 Å². The Balaban J connectivity index is 2.78. The molecule has 0 unspecified atom stereocenters. The Morgan fingerprint density at radius 1 is 1.62 bits per heavy atom. The summed E-state index contributed by atoms with van der Waals surface area (Å²) in [6.45, 7) is 1.58. The summed E-state index contributed by atoms with van der Waals surface area (Å²) < 4.78 is 24.6. The van der Waals surface area contributed by atoms with Crippen molar-refractivity contribution in [2.45, 2.75) is 13.3 Å². The fraction of sp³-hybridized carbons (Fsp3) is 0.500.